The fourth-order valence-corrected chi connectivity index (χ4v) is 2.85. The Balaban J connectivity index is 1.72. The minimum absolute atomic E-state index is 0.200. The lowest BCUT2D eigenvalue weighted by atomic mass is 10.1. The molecule has 0 spiro atoms. The minimum Gasteiger partial charge on any atom is -0.352 e. The number of para-hydroxylation sites is 1. The van der Waals surface area contributed by atoms with Gasteiger partial charge in [0.1, 0.15) is 6.20 Å². The standard InChI is InChI=1S/C20H19N5O4/c1-24-18(17(13-22-24)25(28)29)20(27)23-16-10-6-5-9-15(16)19(26)21-12-11-14-7-3-2-4-8-14/h2-10,13H,11-12H2,1H3,(H,21,26)(H,23,27). The maximum absolute atomic E-state index is 12.6. The second-order valence-electron chi connectivity index (χ2n) is 6.25. The summed E-state index contributed by atoms with van der Waals surface area (Å²) in [7, 11) is 1.43. The number of hydrogen-bond acceptors (Lipinski definition) is 5. The van der Waals surface area contributed by atoms with Gasteiger partial charge in [-0.15, -0.1) is 0 Å². The maximum Gasteiger partial charge on any atom is 0.320 e. The van der Waals surface area contributed by atoms with Gasteiger partial charge in [-0.25, -0.2) is 0 Å². The molecule has 0 atom stereocenters. The van der Waals surface area contributed by atoms with Gasteiger partial charge in [-0.3, -0.25) is 24.4 Å². The first kappa shape index (κ1) is 19.7. The molecule has 29 heavy (non-hydrogen) atoms. The first-order valence-electron chi connectivity index (χ1n) is 8.86. The van der Waals surface area contributed by atoms with Crippen LogP contribution >= 0.6 is 0 Å². The van der Waals surface area contributed by atoms with Crippen molar-refractivity contribution in [3.05, 3.63) is 87.7 Å². The van der Waals surface area contributed by atoms with E-state index in [0.29, 0.717) is 13.0 Å². The number of carbonyl (C=O) groups excluding carboxylic acids is 2. The van der Waals surface area contributed by atoms with Crippen LogP contribution in [0.25, 0.3) is 0 Å². The van der Waals surface area contributed by atoms with Crippen molar-refractivity contribution in [3.8, 4) is 0 Å². The molecule has 0 aliphatic carbocycles. The Hall–Kier alpha value is -4.01. The number of carbonyl (C=O) groups is 2. The van der Waals surface area contributed by atoms with Crippen LogP contribution in [0.3, 0.4) is 0 Å². The largest absolute Gasteiger partial charge is 0.352 e. The van der Waals surface area contributed by atoms with E-state index in [1.807, 2.05) is 30.3 Å². The molecule has 148 valence electrons. The first-order chi connectivity index (χ1) is 14.0. The molecule has 0 unspecified atom stereocenters. The summed E-state index contributed by atoms with van der Waals surface area (Å²) in [6.45, 7) is 0.429. The van der Waals surface area contributed by atoms with Crippen LogP contribution in [0.4, 0.5) is 11.4 Å². The predicted molar refractivity (Wildman–Crippen MR) is 107 cm³/mol. The number of nitrogens with zero attached hydrogens (tertiary/aromatic N) is 3. The number of aryl methyl sites for hydroxylation is 1. The van der Waals surface area contributed by atoms with Crippen LogP contribution in [0, 0.1) is 10.1 Å². The number of anilines is 1. The fourth-order valence-electron chi connectivity index (χ4n) is 2.85. The van der Waals surface area contributed by atoms with Crippen molar-refractivity contribution in [2.45, 2.75) is 6.42 Å². The van der Waals surface area contributed by atoms with Gasteiger partial charge in [0.25, 0.3) is 11.8 Å². The van der Waals surface area contributed by atoms with E-state index in [-0.39, 0.29) is 22.9 Å². The minimum atomic E-state index is -0.721. The summed E-state index contributed by atoms with van der Waals surface area (Å²) in [5, 5.41) is 20.3. The highest BCUT2D eigenvalue weighted by Gasteiger charge is 2.26. The molecule has 3 aromatic rings. The van der Waals surface area contributed by atoms with Gasteiger partial charge in [-0.2, -0.15) is 5.10 Å². The molecule has 0 bridgehead atoms. The molecule has 1 aromatic heterocycles. The zero-order valence-electron chi connectivity index (χ0n) is 15.7. The van der Waals surface area contributed by atoms with Crippen LogP contribution in [0.1, 0.15) is 26.4 Å². The summed E-state index contributed by atoms with van der Waals surface area (Å²) >= 11 is 0. The second-order valence-corrected chi connectivity index (χ2v) is 6.25. The third-order valence-corrected chi connectivity index (χ3v) is 4.29. The molecule has 1 heterocycles. The molecule has 2 aromatic carbocycles. The lowest BCUT2D eigenvalue weighted by Gasteiger charge is -2.11. The lowest BCUT2D eigenvalue weighted by molar-refractivity contribution is -0.385. The van der Waals surface area contributed by atoms with Crippen molar-refractivity contribution in [2.24, 2.45) is 7.05 Å². The molecule has 0 radical (unpaired) electrons. The van der Waals surface area contributed by atoms with E-state index >= 15 is 0 Å². The summed E-state index contributed by atoms with van der Waals surface area (Å²) in [5.41, 5.74) is 1.01. The second kappa shape index (κ2) is 8.79. The molecular formula is C20H19N5O4. The number of nitro groups is 1. The van der Waals surface area contributed by atoms with Crippen molar-refractivity contribution in [2.75, 3.05) is 11.9 Å². The Morgan fingerprint density at radius 1 is 1.07 bits per heavy atom. The molecule has 3 rings (SSSR count). The van der Waals surface area contributed by atoms with Crippen LogP contribution in [-0.2, 0) is 13.5 Å². The van der Waals surface area contributed by atoms with Gasteiger partial charge in [0, 0.05) is 13.6 Å². The molecule has 9 heteroatoms. The van der Waals surface area contributed by atoms with Gasteiger partial charge >= 0.3 is 5.69 Å². The smallest absolute Gasteiger partial charge is 0.320 e. The average Bonchev–Trinajstić information content (AvgIpc) is 3.11. The van der Waals surface area contributed by atoms with Gasteiger partial charge in [0.05, 0.1) is 16.2 Å². The number of aromatic nitrogens is 2. The quantitative estimate of drug-likeness (QED) is 0.472. The summed E-state index contributed by atoms with van der Waals surface area (Å²) in [6.07, 6.45) is 1.68. The summed E-state index contributed by atoms with van der Waals surface area (Å²) in [6, 6.07) is 16.2. The van der Waals surface area contributed by atoms with Gasteiger partial charge in [0.15, 0.2) is 0 Å². The zero-order valence-corrected chi connectivity index (χ0v) is 15.7. The third-order valence-electron chi connectivity index (χ3n) is 4.29. The van der Waals surface area contributed by atoms with E-state index in [1.165, 1.54) is 7.05 Å². The number of amides is 2. The van der Waals surface area contributed by atoms with Crippen molar-refractivity contribution in [1.29, 1.82) is 0 Å². The van der Waals surface area contributed by atoms with Crippen LogP contribution in [0.5, 0.6) is 0 Å². The maximum atomic E-state index is 12.6. The molecule has 0 aliphatic rings. The van der Waals surface area contributed by atoms with Crippen LogP contribution in [-0.4, -0.2) is 33.1 Å². The Kier molecular flexibility index (Phi) is 5.98. The van der Waals surface area contributed by atoms with E-state index in [4.69, 9.17) is 0 Å². The molecule has 9 nitrogen and oxygen atoms in total. The van der Waals surface area contributed by atoms with Crippen LogP contribution < -0.4 is 10.6 Å². The summed E-state index contributed by atoms with van der Waals surface area (Å²) < 4.78 is 1.12. The number of rotatable bonds is 7. The highest BCUT2D eigenvalue weighted by molar-refractivity contribution is 6.09. The molecule has 0 aliphatic heterocycles. The van der Waals surface area contributed by atoms with E-state index in [9.17, 15) is 19.7 Å². The lowest BCUT2D eigenvalue weighted by Crippen LogP contribution is -2.27. The molecule has 2 amide bonds. The SMILES string of the molecule is Cn1ncc([N+](=O)[O-])c1C(=O)Nc1ccccc1C(=O)NCCc1ccccc1. The number of hydrogen-bond donors (Lipinski definition) is 2. The monoisotopic (exact) mass is 393 g/mol. The predicted octanol–water partition coefficient (Wildman–Crippen LogP) is 2.55. The van der Waals surface area contributed by atoms with Crippen molar-refractivity contribution in [3.63, 3.8) is 0 Å². The summed E-state index contributed by atoms with van der Waals surface area (Å²) in [5.74, 6) is -1.07. The highest BCUT2D eigenvalue weighted by atomic mass is 16.6. The fraction of sp³-hybridized carbons (Fsp3) is 0.150. The summed E-state index contributed by atoms with van der Waals surface area (Å²) in [4.78, 5) is 35.6. The molecule has 2 N–H and O–H groups in total. The first-order valence-corrected chi connectivity index (χ1v) is 8.86. The van der Waals surface area contributed by atoms with Gasteiger partial charge in [-0.05, 0) is 24.1 Å². The Morgan fingerprint density at radius 3 is 2.48 bits per heavy atom. The van der Waals surface area contributed by atoms with E-state index in [0.717, 1.165) is 16.4 Å². The van der Waals surface area contributed by atoms with E-state index in [1.54, 1.807) is 24.3 Å². The van der Waals surface area contributed by atoms with Crippen molar-refractivity contribution < 1.29 is 14.5 Å². The Morgan fingerprint density at radius 2 is 1.76 bits per heavy atom. The number of benzene rings is 2. The van der Waals surface area contributed by atoms with Gasteiger partial charge in [-0.1, -0.05) is 42.5 Å². The van der Waals surface area contributed by atoms with Gasteiger partial charge < -0.3 is 10.6 Å². The normalized spacial score (nSPS) is 10.4. The molecule has 0 saturated heterocycles. The molecule has 0 saturated carbocycles. The van der Waals surface area contributed by atoms with Crippen molar-refractivity contribution >= 4 is 23.2 Å². The van der Waals surface area contributed by atoms with Crippen LogP contribution in [0.2, 0.25) is 0 Å². The zero-order chi connectivity index (χ0) is 20.8. The Bertz CT molecular complexity index is 1050. The van der Waals surface area contributed by atoms with Gasteiger partial charge in [0.2, 0.25) is 5.69 Å². The molecular weight excluding hydrogens is 374 g/mol. The topological polar surface area (TPSA) is 119 Å². The van der Waals surface area contributed by atoms with E-state index in [2.05, 4.69) is 15.7 Å². The average molecular weight is 393 g/mol. The number of nitrogens with one attached hydrogen (secondary N) is 2. The van der Waals surface area contributed by atoms with E-state index < -0.39 is 16.5 Å². The van der Waals surface area contributed by atoms with Crippen molar-refractivity contribution in [1.82, 2.24) is 15.1 Å². The highest BCUT2D eigenvalue weighted by Crippen LogP contribution is 2.21. The molecule has 0 fully saturated rings. The van der Waals surface area contributed by atoms with Crippen LogP contribution in [0.15, 0.2) is 60.8 Å². The Labute approximate surface area is 166 Å². The third kappa shape index (κ3) is 4.64.